The summed E-state index contributed by atoms with van der Waals surface area (Å²) in [6.07, 6.45) is 2.21. The molecule has 2 aliphatic rings. The minimum absolute atomic E-state index is 0.184. The highest BCUT2D eigenvalue weighted by Gasteiger charge is 2.26. The molecule has 7 nitrogen and oxygen atoms in total. The number of carbonyl (C=O) groups excluding carboxylic acids is 3. The number of benzene rings is 1. The second-order valence-corrected chi connectivity index (χ2v) is 7.59. The van der Waals surface area contributed by atoms with Crippen molar-refractivity contribution in [3.05, 3.63) is 29.3 Å². The SMILES string of the molecule is Cc1cccc(N2CCN(C(=O)C(=O)NCCCN3CCCC3=O)CC2)c1C. The van der Waals surface area contributed by atoms with Gasteiger partial charge < -0.3 is 20.0 Å². The topological polar surface area (TPSA) is 73.0 Å². The lowest BCUT2D eigenvalue weighted by molar-refractivity contribution is -0.146. The Morgan fingerprint density at radius 2 is 1.82 bits per heavy atom. The fourth-order valence-electron chi connectivity index (χ4n) is 3.86. The van der Waals surface area contributed by atoms with Gasteiger partial charge in [0.05, 0.1) is 0 Å². The van der Waals surface area contributed by atoms with E-state index in [9.17, 15) is 14.4 Å². The van der Waals surface area contributed by atoms with Crippen molar-refractivity contribution >= 4 is 23.4 Å². The Morgan fingerprint density at radius 3 is 2.50 bits per heavy atom. The highest BCUT2D eigenvalue weighted by molar-refractivity contribution is 6.35. The van der Waals surface area contributed by atoms with Gasteiger partial charge in [0.2, 0.25) is 5.91 Å². The molecule has 0 bridgehead atoms. The Hall–Kier alpha value is -2.57. The summed E-state index contributed by atoms with van der Waals surface area (Å²) in [6.45, 7) is 8.60. The van der Waals surface area contributed by atoms with Crippen LogP contribution in [0, 0.1) is 13.8 Å². The highest BCUT2D eigenvalue weighted by Crippen LogP contribution is 2.23. The average molecular weight is 386 g/mol. The first kappa shape index (κ1) is 20.2. The van der Waals surface area contributed by atoms with E-state index in [4.69, 9.17) is 0 Å². The van der Waals surface area contributed by atoms with E-state index in [-0.39, 0.29) is 5.91 Å². The number of hydrogen-bond acceptors (Lipinski definition) is 4. The van der Waals surface area contributed by atoms with Crippen molar-refractivity contribution in [2.24, 2.45) is 0 Å². The zero-order chi connectivity index (χ0) is 20.1. The smallest absolute Gasteiger partial charge is 0.312 e. The van der Waals surface area contributed by atoms with Crippen molar-refractivity contribution in [2.75, 3.05) is 50.7 Å². The van der Waals surface area contributed by atoms with Crippen LogP contribution < -0.4 is 10.2 Å². The number of rotatable bonds is 5. The normalized spacial score (nSPS) is 17.2. The molecule has 2 saturated heterocycles. The molecule has 1 aromatic rings. The van der Waals surface area contributed by atoms with E-state index in [1.807, 2.05) is 4.90 Å². The van der Waals surface area contributed by atoms with Crippen LogP contribution in [0.15, 0.2) is 18.2 Å². The fourth-order valence-corrected chi connectivity index (χ4v) is 3.86. The van der Waals surface area contributed by atoms with E-state index in [0.717, 1.165) is 26.1 Å². The van der Waals surface area contributed by atoms with Gasteiger partial charge in [0, 0.05) is 57.9 Å². The molecule has 7 heteroatoms. The zero-order valence-corrected chi connectivity index (χ0v) is 16.9. The lowest BCUT2D eigenvalue weighted by Gasteiger charge is -2.36. The molecule has 2 heterocycles. The van der Waals surface area contributed by atoms with E-state index in [1.165, 1.54) is 16.8 Å². The number of hydrogen-bond donors (Lipinski definition) is 1. The molecular weight excluding hydrogens is 356 g/mol. The van der Waals surface area contributed by atoms with Crippen LogP contribution in [0.1, 0.15) is 30.4 Å². The van der Waals surface area contributed by atoms with Gasteiger partial charge in [-0.1, -0.05) is 12.1 Å². The van der Waals surface area contributed by atoms with Gasteiger partial charge in [-0.3, -0.25) is 14.4 Å². The molecule has 3 amide bonds. The predicted octanol–water partition coefficient (Wildman–Crippen LogP) is 1.08. The molecule has 0 atom stereocenters. The Bertz CT molecular complexity index is 741. The first-order chi connectivity index (χ1) is 13.5. The van der Waals surface area contributed by atoms with Gasteiger partial charge in [-0.2, -0.15) is 0 Å². The summed E-state index contributed by atoms with van der Waals surface area (Å²) in [4.78, 5) is 41.8. The summed E-state index contributed by atoms with van der Waals surface area (Å²) in [5.74, 6) is -0.824. The Labute approximate surface area is 166 Å². The minimum Gasteiger partial charge on any atom is -0.368 e. The van der Waals surface area contributed by atoms with E-state index in [1.54, 1.807) is 4.90 Å². The van der Waals surface area contributed by atoms with Crippen LogP contribution in [0.3, 0.4) is 0 Å². The predicted molar refractivity (Wildman–Crippen MR) is 108 cm³/mol. The third-order valence-electron chi connectivity index (χ3n) is 5.74. The van der Waals surface area contributed by atoms with Crippen LogP contribution in [-0.2, 0) is 14.4 Å². The number of aryl methyl sites for hydroxylation is 1. The zero-order valence-electron chi connectivity index (χ0n) is 16.9. The van der Waals surface area contributed by atoms with Crippen molar-refractivity contribution in [3.8, 4) is 0 Å². The van der Waals surface area contributed by atoms with E-state index in [2.05, 4.69) is 42.3 Å². The number of likely N-dealkylation sites (tertiary alicyclic amines) is 1. The summed E-state index contributed by atoms with van der Waals surface area (Å²) in [7, 11) is 0. The van der Waals surface area contributed by atoms with Crippen LogP contribution in [-0.4, -0.2) is 73.3 Å². The number of nitrogens with one attached hydrogen (secondary N) is 1. The van der Waals surface area contributed by atoms with E-state index in [0.29, 0.717) is 39.0 Å². The number of carbonyl (C=O) groups is 3. The molecule has 1 N–H and O–H groups in total. The van der Waals surface area contributed by atoms with Crippen molar-refractivity contribution in [1.82, 2.24) is 15.1 Å². The first-order valence-electron chi connectivity index (χ1n) is 10.1. The highest BCUT2D eigenvalue weighted by atomic mass is 16.2. The van der Waals surface area contributed by atoms with Crippen molar-refractivity contribution in [2.45, 2.75) is 33.1 Å². The average Bonchev–Trinajstić information content (AvgIpc) is 3.11. The van der Waals surface area contributed by atoms with E-state index < -0.39 is 11.8 Å². The van der Waals surface area contributed by atoms with Gasteiger partial charge in [-0.05, 0) is 43.9 Å². The molecule has 0 radical (unpaired) electrons. The number of amides is 3. The van der Waals surface area contributed by atoms with Crippen molar-refractivity contribution < 1.29 is 14.4 Å². The molecule has 0 unspecified atom stereocenters. The quantitative estimate of drug-likeness (QED) is 0.607. The summed E-state index contributed by atoms with van der Waals surface area (Å²) in [6, 6.07) is 6.26. The van der Waals surface area contributed by atoms with Crippen LogP contribution >= 0.6 is 0 Å². The molecule has 3 rings (SSSR count). The molecule has 0 saturated carbocycles. The monoisotopic (exact) mass is 386 g/mol. The molecule has 0 spiro atoms. The molecular formula is C21H30N4O3. The summed E-state index contributed by atoms with van der Waals surface area (Å²) in [5, 5.41) is 2.70. The van der Waals surface area contributed by atoms with Crippen LogP contribution in [0.25, 0.3) is 0 Å². The third-order valence-corrected chi connectivity index (χ3v) is 5.74. The van der Waals surface area contributed by atoms with Crippen LogP contribution in [0.5, 0.6) is 0 Å². The maximum Gasteiger partial charge on any atom is 0.312 e. The molecule has 152 valence electrons. The Kier molecular flexibility index (Phi) is 6.54. The van der Waals surface area contributed by atoms with Gasteiger partial charge >= 0.3 is 11.8 Å². The van der Waals surface area contributed by atoms with Gasteiger partial charge in [0.25, 0.3) is 0 Å². The van der Waals surface area contributed by atoms with Crippen molar-refractivity contribution in [1.29, 1.82) is 0 Å². The molecule has 28 heavy (non-hydrogen) atoms. The minimum atomic E-state index is -0.548. The molecule has 0 aromatic heterocycles. The van der Waals surface area contributed by atoms with Crippen molar-refractivity contribution in [3.63, 3.8) is 0 Å². The summed E-state index contributed by atoms with van der Waals surface area (Å²) in [5.41, 5.74) is 3.72. The van der Waals surface area contributed by atoms with Gasteiger partial charge in [-0.15, -0.1) is 0 Å². The number of nitrogens with zero attached hydrogens (tertiary/aromatic N) is 3. The van der Waals surface area contributed by atoms with Gasteiger partial charge in [-0.25, -0.2) is 0 Å². The number of anilines is 1. The lowest BCUT2D eigenvalue weighted by atomic mass is 10.1. The first-order valence-corrected chi connectivity index (χ1v) is 10.1. The number of piperazine rings is 1. The molecule has 1 aromatic carbocycles. The Balaban J connectivity index is 1.41. The maximum absolute atomic E-state index is 12.4. The summed E-state index contributed by atoms with van der Waals surface area (Å²) >= 11 is 0. The second kappa shape index (κ2) is 9.08. The molecule has 2 fully saturated rings. The summed E-state index contributed by atoms with van der Waals surface area (Å²) < 4.78 is 0. The van der Waals surface area contributed by atoms with Gasteiger partial charge in [0.15, 0.2) is 0 Å². The van der Waals surface area contributed by atoms with Crippen LogP contribution in [0.2, 0.25) is 0 Å². The lowest BCUT2D eigenvalue weighted by Crippen LogP contribution is -2.53. The fraction of sp³-hybridized carbons (Fsp3) is 0.571. The molecule has 2 aliphatic heterocycles. The van der Waals surface area contributed by atoms with E-state index >= 15 is 0 Å². The largest absolute Gasteiger partial charge is 0.368 e. The second-order valence-electron chi connectivity index (χ2n) is 7.59. The standard InChI is InChI=1S/C21H30N4O3/c1-16-6-3-7-18(17(16)2)23-12-14-25(15-13-23)21(28)20(27)22-9-5-11-24-10-4-8-19(24)26/h3,6-7H,4-5,8-15H2,1-2H3,(H,22,27). The molecule has 0 aliphatic carbocycles. The van der Waals surface area contributed by atoms with Crippen LogP contribution in [0.4, 0.5) is 5.69 Å². The van der Waals surface area contributed by atoms with Gasteiger partial charge in [0.1, 0.15) is 0 Å². The Morgan fingerprint density at radius 1 is 1.07 bits per heavy atom. The third kappa shape index (κ3) is 4.64. The maximum atomic E-state index is 12.4.